The van der Waals surface area contributed by atoms with Gasteiger partial charge in [-0.2, -0.15) is 0 Å². The predicted molar refractivity (Wildman–Crippen MR) is 99.9 cm³/mol. The van der Waals surface area contributed by atoms with Crippen LogP contribution in [0.5, 0.6) is 0 Å². The number of pyridine rings is 1. The Morgan fingerprint density at radius 3 is 2.65 bits per heavy atom. The second kappa shape index (κ2) is 8.79. The van der Waals surface area contributed by atoms with E-state index in [-0.39, 0.29) is 5.60 Å². The van der Waals surface area contributed by atoms with Crippen molar-refractivity contribution >= 4 is 0 Å². The molecule has 1 aromatic rings. The zero-order chi connectivity index (χ0) is 17.7. The lowest BCUT2D eigenvalue weighted by atomic mass is 9.79. The van der Waals surface area contributed by atoms with E-state index in [0.717, 1.165) is 57.8 Å². The van der Waals surface area contributed by atoms with Crippen LogP contribution in [0, 0.1) is 11.8 Å². The Balaban J connectivity index is 1.14. The molecule has 0 amide bonds. The maximum atomic E-state index is 6.21. The maximum absolute atomic E-state index is 6.21. The first kappa shape index (κ1) is 18.4. The van der Waals surface area contributed by atoms with E-state index in [1.54, 1.807) is 0 Å². The number of ether oxygens (including phenoxy) is 3. The van der Waals surface area contributed by atoms with Gasteiger partial charge >= 0.3 is 0 Å². The number of rotatable bonds is 7. The van der Waals surface area contributed by atoms with Gasteiger partial charge in [0.25, 0.3) is 0 Å². The van der Waals surface area contributed by atoms with Crippen molar-refractivity contribution in [2.75, 3.05) is 46.1 Å². The van der Waals surface area contributed by atoms with Crippen molar-refractivity contribution in [3.8, 4) is 0 Å². The molecular formula is C21H32N2O3. The molecule has 4 rings (SSSR count). The van der Waals surface area contributed by atoms with Crippen molar-refractivity contribution in [3.05, 3.63) is 30.1 Å². The number of nitrogens with zero attached hydrogens (tertiary/aromatic N) is 2. The van der Waals surface area contributed by atoms with Gasteiger partial charge in [0.15, 0.2) is 0 Å². The van der Waals surface area contributed by atoms with Crippen LogP contribution in [-0.4, -0.2) is 61.5 Å². The molecule has 3 aliphatic rings. The molecule has 4 heterocycles. The van der Waals surface area contributed by atoms with Gasteiger partial charge in [0, 0.05) is 58.5 Å². The zero-order valence-electron chi connectivity index (χ0n) is 15.8. The third-order valence-electron chi connectivity index (χ3n) is 6.16. The van der Waals surface area contributed by atoms with Crippen molar-refractivity contribution in [3.63, 3.8) is 0 Å². The van der Waals surface area contributed by atoms with Crippen molar-refractivity contribution in [1.29, 1.82) is 0 Å². The molecular weight excluding hydrogens is 328 g/mol. The molecule has 0 radical (unpaired) electrons. The standard InChI is InChI=1S/C21H32N2O3/c1-7-22-8-2-20(1)15-25-11-3-18-6-12-26-21(13-18)16-23(17-21)14-19-4-9-24-10-5-19/h1-2,7-8,18-19H,3-6,9-17H2. The van der Waals surface area contributed by atoms with Crippen molar-refractivity contribution in [2.24, 2.45) is 11.8 Å². The number of hydrogen-bond acceptors (Lipinski definition) is 5. The monoisotopic (exact) mass is 360 g/mol. The lowest BCUT2D eigenvalue weighted by molar-refractivity contribution is -0.183. The first-order valence-corrected chi connectivity index (χ1v) is 10.2. The fraction of sp³-hybridized carbons (Fsp3) is 0.762. The predicted octanol–water partition coefficient (Wildman–Crippen LogP) is 2.90. The summed E-state index contributed by atoms with van der Waals surface area (Å²) in [4.78, 5) is 6.64. The molecule has 3 saturated heterocycles. The van der Waals surface area contributed by atoms with Crippen LogP contribution in [0.3, 0.4) is 0 Å². The van der Waals surface area contributed by atoms with Gasteiger partial charge in [-0.3, -0.25) is 9.88 Å². The van der Waals surface area contributed by atoms with Gasteiger partial charge in [0.05, 0.1) is 12.2 Å². The van der Waals surface area contributed by atoms with Crippen LogP contribution in [0.25, 0.3) is 0 Å². The summed E-state index contributed by atoms with van der Waals surface area (Å²) >= 11 is 0. The zero-order valence-corrected chi connectivity index (χ0v) is 15.8. The van der Waals surface area contributed by atoms with E-state index >= 15 is 0 Å². The quantitative estimate of drug-likeness (QED) is 0.700. The van der Waals surface area contributed by atoms with Gasteiger partial charge < -0.3 is 14.2 Å². The van der Waals surface area contributed by atoms with Crippen LogP contribution in [0.2, 0.25) is 0 Å². The summed E-state index contributed by atoms with van der Waals surface area (Å²) in [5, 5.41) is 0. The fourth-order valence-electron chi connectivity index (χ4n) is 4.71. The average molecular weight is 360 g/mol. The van der Waals surface area contributed by atoms with Crippen LogP contribution in [0.1, 0.15) is 37.7 Å². The minimum absolute atomic E-state index is 0.138. The Kier molecular flexibility index (Phi) is 6.20. The van der Waals surface area contributed by atoms with Crippen LogP contribution in [0.4, 0.5) is 0 Å². The molecule has 0 N–H and O–H groups in total. The van der Waals surface area contributed by atoms with E-state index in [1.165, 1.54) is 37.8 Å². The van der Waals surface area contributed by atoms with Gasteiger partial charge in [-0.1, -0.05) is 0 Å². The average Bonchev–Trinajstić information content (AvgIpc) is 2.66. The molecule has 1 aromatic heterocycles. The third kappa shape index (κ3) is 4.83. The van der Waals surface area contributed by atoms with E-state index in [0.29, 0.717) is 6.61 Å². The minimum Gasteiger partial charge on any atom is -0.381 e. The highest BCUT2D eigenvalue weighted by Gasteiger charge is 2.47. The van der Waals surface area contributed by atoms with Crippen LogP contribution in [-0.2, 0) is 20.8 Å². The first-order chi connectivity index (χ1) is 12.8. The SMILES string of the molecule is c1cc(COCCC2CCOC3(C2)CN(CC2CCOCC2)C3)ccn1. The van der Waals surface area contributed by atoms with E-state index in [1.807, 2.05) is 24.5 Å². The number of hydrogen-bond donors (Lipinski definition) is 0. The Bertz CT molecular complexity index is 541. The van der Waals surface area contributed by atoms with Crippen LogP contribution < -0.4 is 0 Å². The lowest BCUT2D eigenvalue weighted by Crippen LogP contribution is -2.65. The van der Waals surface area contributed by atoms with E-state index in [2.05, 4.69) is 9.88 Å². The molecule has 3 aliphatic heterocycles. The van der Waals surface area contributed by atoms with Gasteiger partial charge in [-0.25, -0.2) is 0 Å². The smallest absolute Gasteiger partial charge is 0.0937 e. The topological polar surface area (TPSA) is 43.8 Å². The largest absolute Gasteiger partial charge is 0.381 e. The maximum Gasteiger partial charge on any atom is 0.0937 e. The molecule has 1 atom stereocenters. The Morgan fingerprint density at radius 1 is 1.08 bits per heavy atom. The Labute approximate surface area is 157 Å². The highest BCUT2D eigenvalue weighted by molar-refractivity contribution is 5.07. The highest BCUT2D eigenvalue weighted by Crippen LogP contribution is 2.38. The normalized spacial score (nSPS) is 26.7. The molecule has 0 aromatic carbocycles. The molecule has 5 nitrogen and oxygen atoms in total. The summed E-state index contributed by atoms with van der Waals surface area (Å²) in [6, 6.07) is 4.04. The number of aromatic nitrogens is 1. The molecule has 1 unspecified atom stereocenters. The second-order valence-corrected chi connectivity index (χ2v) is 8.31. The molecule has 0 bridgehead atoms. The van der Waals surface area contributed by atoms with Gasteiger partial charge in [0.2, 0.25) is 0 Å². The Morgan fingerprint density at radius 2 is 1.85 bits per heavy atom. The Hall–Kier alpha value is -1.01. The lowest BCUT2D eigenvalue weighted by Gasteiger charge is -2.54. The summed E-state index contributed by atoms with van der Waals surface area (Å²) in [7, 11) is 0. The molecule has 3 fully saturated rings. The summed E-state index contributed by atoms with van der Waals surface area (Å²) in [6.45, 7) is 7.82. The summed E-state index contributed by atoms with van der Waals surface area (Å²) < 4.78 is 17.6. The fourth-order valence-corrected chi connectivity index (χ4v) is 4.71. The first-order valence-electron chi connectivity index (χ1n) is 10.2. The molecule has 5 heteroatoms. The second-order valence-electron chi connectivity index (χ2n) is 8.31. The third-order valence-corrected chi connectivity index (χ3v) is 6.16. The summed E-state index contributed by atoms with van der Waals surface area (Å²) in [5.74, 6) is 1.56. The van der Waals surface area contributed by atoms with Crippen molar-refractivity contribution in [2.45, 2.75) is 44.3 Å². The van der Waals surface area contributed by atoms with Crippen molar-refractivity contribution < 1.29 is 14.2 Å². The summed E-state index contributed by atoms with van der Waals surface area (Å²) in [6.07, 6.45) is 9.63. The van der Waals surface area contributed by atoms with E-state index in [9.17, 15) is 0 Å². The van der Waals surface area contributed by atoms with E-state index in [4.69, 9.17) is 14.2 Å². The molecule has 0 saturated carbocycles. The van der Waals surface area contributed by atoms with Gasteiger partial charge in [-0.15, -0.1) is 0 Å². The summed E-state index contributed by atoms with van der Waals surface area (Å²) in [5.41, 5.74) is 1.34. The number of likely N-dealkylation sites (tertiary alicyclic amines) is 1. The van der Waals surface area contributed by atoms with Crippen molar-refractivity contribution in [1.82, 2.24) is 9.88 Å². The minimum atomic E-state index is 0.138. The molecule has 1 spiro atoms. The molecule has 0 aliphatic carbocycles. The van der Waals surface area contributed by atoms with Gasteiger partial charge in [0.1, 0.15) is 0 Å². The van der Waals surface area contributed by atoms with Crippen LogP contribution in [0.15, 0.2) is 24.5 Å². The van der Waals surface area contributed by atoms with E-state index < -0.39 is 0 Å². The molecule has 144 valence electrons. The van der Waals surface area contributed by atoms with Crippen LogP contribution >= 0.6 is 0 Å². The van der Waals surface area contributed by atoms with Gasteiger partial charge in [-0.05, 0) is 61.6 Å². The molecule has 26 heavy (non-hydrogen) atoms. The highest BCUT2D eigenvalue weighted by atomic mass is 16.5.